The standard InChI is InChI=1S/C21H22N2O4/c1-4-15-6-5-7-20(22-15)23-21(24)19-11-9-17(27-19)13-14-12-16(25-2)8-10-18(14)26-3/h5-12H,4,13H2,1-3H3,(H,22,23,24). The van der Waals surface area contributed by atoms with E-state index in [0.717, 1.165) is 29.2 Å². The van der Waals surface area contributed by atoms with Gasteiger partial charge in [-0.1, -0.05) is 13.0 Å². The molecule has 27 heavy (non-hydrogen) atoms. The molecule has 1 aromatic carbocycles. The van der Waals surface area contributed by atoms with Crippen LogP contribution in [0.3, 0.4) is 0 Å². The van der Waals surface area contributed by atoms with Crippen molar-refractivity contribution in [2.75, 3.05) is 19.5 Å². The number of hydrogen-bond donors (Lipinski definition) is 1. The molecule has 2 heterocycles. The fraction of sp³-hybridized carbons (Fsp3) is 0.238. The van der Waals surface area contributed by atoms with E-state index < -0.39 is 0 Å². The quantitative estimate of drug-likeness (QED) is 0.681. The van der Waals surface area contributed by atoms with E-state index in [1.165, 1.54) is 0 Å². The summed E-state index contributed by atoms with van der Waals surface area (Å²) >= 11 is 0. The highest BCUT2D eigenvalue weighted by Crippen LogP contribution is 2.27. The van der Waals surface area contributed by atoms with Gasteiger partial charge >= 0.3 is 0 Å². The van der Waals surface area contributed by atoms with Crippen LogP contribution < -0.4 is 14.8 Å². The number of methoxy groups -OCH3 is 2. The lowest BCUT2D eigenvalue weighted by atomic mass is 10.1. The van der Waals surface area contributed by atoms with Crippen molar-refractivity contribution in [1.29, 1.82) is 0 Å². The smallest absolute Gasteiger partial charge is 0.292 e. The summed E-state index contributed by atoms with van der Waals surface area (Å²) in [4.78, 5) is 16.8. The molecule has 1 N–H and O–H groups in total. The minimum atomic E-state index is -0.334. The van der Waals surface area contributed by atoms with Gasteiger partial charge in [-0.05, 0) is 48.9 Å². The van der Waals surface area contributed by atoms with Gasteiger partial charge in [0.05, 0.1) is 14.2 Å². The van der Waals surface area contributed by atoms with Crippen molar-refractivity contribution in [3.8, 4) is 11.5 Å². The van der Waals surface area contributed by atoms with Crippen molar-refractivity contribution >= 4 is 11.7 Å². The number of nitrogens with one attached hydrogen (secondary N) is 1. The molecule has 0 aliphatic carbocycles. The Bertz CT molecular complexity index is 933. The second-order valence-electron chi connectivity index (χ2n) is 5.94. The van der Waals surface area contributed by atoms with Gasteiger partial charge in [0, 0.05) is 17.7 Å². The van der Waals surface area contributed by atoms with Gasteiger partial charge in [0.15, 0.2) is 5.76 Å². The maximum absolute atomic E-state index is 12.4. The summed E-state index contributed by atoms with van der Waals surface area (Å²) < 4.78 is 16.4. The van der Waals surface area contributed by atoms with Crippen molar-refractivity contribution in [2.24, 2.45) is 0 Å². The zero-order valence-electron chi connectivity index (χ0n) is 15.6. The Morgan fingerprint density at radius 1 is 1.11 bits per heavy atom. The van der Waals surface area contributed by atoms with Gasteiger partial charge in [-0.25, -0.2) is 4.98 Å². The molecule has 0 bridgehead atoms. The number of pyridine rings is 1. The van der Waals surface area contributed by atoms with E-state index in [2.05, 4.69) is 10.3 Å². The molecular formula is C21H22N2O4. The zero-order valence-corrected chi connectivity index (χ0v) is 15.6. The summed E-state index contributed by atoms with van der Waals surface area (Å²) in [7, 11) is 3.23. The average molecular weight is 366 g/mol. The minimum absolute atomic E-state index is 0.232. The highest BCUT2D eigenvalue weighted by atomic mass is 16.5. The molecule has 0 aliphatic rings. The first-order valence-electron chi connectivity index (χ1n) is 8.69. The van der Waals surface area contributed by atoms with E-state index in [4.69, 9.17) is 13.9 Å². The van der Waals surface area contributed by atoms with Gasteiger partial charge in [-0.3, -0.25) is 4.79 Å². The first-order valence-corrected chi connectivity index (χ1v) is 8.69. The Morgan fingerprint density at radius 3 is 2.70 bits per heavy atom. The normalized spacial score (nSPS) is 10.5. The average Bonchev–Trinajstić information content (AvgIpc) is 3.16. The Balaban J connectivity index is 1.73. The molecule has 6 heteroatoms. The van der Waals surface area contributed by atoms with Gasteiger partial charge in [-0.15, -0.1) is 0 Å². The summed E-state index contributed by atoms with van der Waals surface area (Å²) in [6.07, 6.45) is 1.29. The van der Waals surface area contributed by atoms with Crippen LogP contribution in [0.5, 0.6) is 11.5 Å². The fourth-order valence-electron chi connectivity index (χ4n) is 2.73. The first kappa shape index (κ1) is 18.5. The third-order valence-corrected chi connectivity index (χ3v) is 4.15. The van der Waals surface area contributed by atoms with Crippen molar-refractivity contribution in [2.45, 2.75) is 19.8 Å². The fourth-order valence-corrected chi connectivity index (χ4v) is 2.73. The molecule has 0 spiro atoms. The summed E-state index contributed by atoms with van der Waals surface area (Å²) in [5, 5.41) is 2.76. The van der Waals surface area contributed by atoms with E-state index in [1.54, 1.807) is 32.4 Å². The Kier molecular flexibility index (Phi) is 5.76. The van der Waals surface area contributed by atoms with Gasteiger partial charge in [0.25, 0.3) is 5.91 Å². The van der Waals surface area contributed by atoms with Gasteiger partial charge in [0.1, 0.15) is 23.1 Å². The highest BCUT2D eigenvalue weighted by Gasteiger charge is 2.14. The molecule has 3 aromatic rings. The number of aromatic nitrogens is 1. The lowest BCUT2D eigenvalue weighted by molar-refractivity contribution is 0.0994. The Labute approximate surface area is 158 Å². The molecule has 140 valence electrons. The number of hydrogen-bond acceptors (Lipinski definition) is 5. The van der Waals surface area contributed by atoms with E-state index in [-0.39, 0.29) is 11.7 Å². The largest absolute Gasteiger partial charge is 0.497 e. The van der Waals surface area contributed by atoms with Crippen LogP contribution in [0, 0.1) is 0 Å². The van der Waals surface area contributed by atoms with Crippen molar-refractivity contribution in [1.82, 2.24) is 4.98 Å². The molecule has 0 radical (unpaired) electrons. The molecule has 0 saturated heterocycles. The van der Waals surface area contributed by atoms with Crippen LogP contribution in [0.4, 0.5) is 5.82 Å². The number of furan rings is 1. The zero-order chi connectivity index (χ0) is 19.2. The number of amides is 1. The molecule has 3 rings (SSSR count). The summed E-state index contributed by atoms with van der Waals surface area (Å²) in [5.41, 5.74) is 1.83. The number of rotatable bonds is 7. The van der Waals surface area contributed by atoms with Gasteiger partial charge < -0.3 is 19.2 Å². The molecule has 0 fully saturated rings. The third-order valence-electron chi connectivity index (χ3n) is 4.15. The Morgan fingerprint density at radius 2 is 1.96 bits per heavy atom. The molecule has 6 nitrogen and oxygen atoms in total. The lowest BCUT2D eigenvalue weighted by Gasteiger charge is -2.09. The molecule has 1 amide bonds. The van der Waals surface area contributed by atoms with Crippen LogP contribution in [0.25, 0.3) is 0 Å². The molecule has 0 saturated carbocycles. The molecule has 0 atom stereocenters. The number of ether oxygens (including phenoxy) is 2. The lowest BCUT2D eigenvalue weighted by Crippen LogP contribution is -2.12. The first-order chi connectivity index (χ1) is 13.1. The second kappa shape index (κ2) is 8.40. The highest BCUT2D eigenvalue weighted by molar-refractivity contribution is 6.01. The third kappa shape index (κ3) is 4.47. The predicted octanol–water partition coefficient (Wildman–Crippen LogP) is 4.10. The maximum Gasteiger partial charge on any atom is 0.292 e. The van der Waals surface area contributed by atoms with E-state index in [9.17, 15) is 4.79 Å². The number of benzene rings is 1. The predicted molar refractivity (Wildman–Crippen MR) is 103 cm³/mol. The topological polar surface area (TPSA) is 73.6 Å². The maximum atomic E-state index is 12.4. The van der Waals surface area contributed by atoms with Crippen LogP contribution >= 0.6 is 0 Å². The number of carbonyl (C=O) groups excluding carboxylic acids is 1. The monoisotopic (exact) mass is 366 g/mol. The van der Waals surface area contributed by atoms with Gasteiger partial charge in [0.2, 0.25) is 0 Å². The molecule has 0 unspecified atom stereocenters. The number of carbonyl (C=O) groups is 1. The number of nitrogens with zero attached hydrogens (tertiary/aromatic N) is 1. The molecular weight excluding hydrogens is 344 g/mol. The van der Waals surface area contributed by atoms with E-state index >= 15 is 0 Å². The van der Waals surface area contributed by atoms with Crippen LogP contribution in [-0.2, 0) is 12.8 Å². The number of anilines is 1. The van der Waals surface area contributed by atoms with Crippen LogP contribution in [-0.4, -0.2) is 25.1 Å². The minimum Gasteiger partial charge on any atom is -0.497 e. The second-order valence-corrected chi connectivity index (χ2v) is 5.94. The van der Waals surface area contributed by atoms with Crippen LogP contribution in [0.1, 0.15) is 34.5 Å². The van der Waals surface area contributed by atoms with Crippen molar-refractivity contribution < 1.29 is 18.7 Å². The van der Waals surface area contributed by atoms with Crippen LogP contribution in [0.2, 0.25) is 0 Å². The van der Waals surface area contributed by atoms with Gasteiger partial charge in [-0.2, -0.15) is 0 Å². The SMILES string of the molecule is CCc1cccc(NC(=O)c2ccc(Cc3cc(OC)ccc3OC)o2)n1. The summed E-state index contributed by atoms with van der Waals surface area (Å²) in [6, 6.07) is 14.5. The van der Waals surface area contributed by atoms with E-state index in [1.807, 2.05) is 37.3 Å². The molecule has 2 aromatic heterocycles. The van der Waals surface area contributed by atoms with E-state index in [0.29, 0.717) is 18.0 Å². The number of aryl methyl sites for hydroxylation is 1. The Hall–Kier alpha value is -3.28. The summed E-state index contributed by atoms with van der Waals surface area (Å²) in [6.45, 7) is 2.01. The molecule has 0 aliphatic heterocycles. The van der Waals surface area contributed by atoms with Crippen molar-refractivity contribution in [3.05, 3.63) is 71.3 Å². The van der Waals surface area contributed by atoms with Crippen LogP contribution in [0.15, 0.2) is 52.9 Å². The summed E-state index contributed by atoms with van der Waals surface area (Å²) in [5.74, 6) is 2.53. The van der Waals surface area contributed by atoms with Crippen molar-refractivity contribution in [3.63, 3.8) is 0 Å².